The number of carbonyl (C=O) groups excluding carboxylic acids is 1. The van der Waals surface area contributed by atoms with Gasteiger partial charge in [0.05, 0.1) is 11.6 Å². The molecule has 5 nitrogen and oxygen atoms in total. The van der Waals surface area contributed by atoms with Gasteiger partial charge in [-0.3, -0.25) is 4.79 Å². The largest absolute Gasteiger partial charge is 0.465 e. The first-order chi connectivity index (χ1) is 10.2. The van der Waals surface area contributed by atoms with Gasteiger partial charge in [-0.25, -0.2) is 9.97 Å². The molecule has 0 amide bonds. The molecule has 0 radical (unpaired) electrons. The lowest BCUT2D eigenvalue weighted by Gasteiger charge is -2.28. The van der Waals surface area contributed by atoms with Gasteiger partial charge in [-0.15, -0.1) is 11.8 Å². The Kier molecular flexibility index (Phi) is 5.99. The molecule has 2 rings (SSSR count). The first-order valence-electron chi connectivity index (χ1n) is 7.55. The SMILES string of the molecule is CCCNC1(C(=O)OCC)CCC(Sc2ccncn2)C1. The van der Waals surface area contributed by atoms with Gasteiger partial charge in [0.1, 0.15) is 11.9 Å². The van der Waals surface area contributed by atoms with E-state index < -0.39 is 5.54 Å². The van der Waals surface area contributed by atoms with Crippen molar-refractivity contribution in [1.29, 1.82) is 0 Å². The van der Waals surface area contributed by atoms with Crippen molar-refractivity contribution in [2.45, 2.75) is 55.3 Å². The summed E-state index contributed by atoms with van der Waals surface area (Å²) in [5, 5.41) is 4.77. The van der Waals surface area contributed by atoms with Gasteiger partial charge < -0.3 is 10.1 Å². The Balaban J connectivity index is 2.01. The topological polar surface area (TPSA) is 64.1 Å². The second kappa shape index (κ2) is 7.75. The van der Waals surface area contributed by atoms with Gasteiger partial charge in [0.15, 0.2) is 0 Å². The van der Waals surface area contributed by atoms with E-state index in [-0.39, 0.29) is 5.97 Å². The highest BCUT2D eigenvalue weighted by molar-refractivity contribution is 7.99. The zero-order valence-electron chi connectivity index (χ0n) is 12.7. The third-order valence-electron chi connectivity index (χ3n) is 3.69. The number of hydrogen-bond acceptors (Lipinski definition) is 6. The number of carbonyl (C=O) groups is 1. The van der Waals surface area contributed by atoms with Gasteiger partial charge in [-0.2, -0.15) is 0 Å². The average Bonchev–Trinajstić information content (AvgIpc) is 2.91. The molecule has 6 heteroatoms. The molecule has 1 aromatic heterocycles. The fourth-order valence-corrected chi connectivity index (χ4v) is 3.86. The predicted octanol–water partition coefficient (Wildman–Crippen LogP) is 2.42. The van der Waals surface area contributed by atoms with Crippen LogP contribution >= 0.6 is 11.8 Å². The second-order valence-electron chi connectivity index (χ2n) is 5.26. The molecule has 0 spiro atoms. The van der Waals surface area contributed by atoms with Crippen molar-refractivity contribution in [2.24, 2.45) is 0 Å². The van der Waals surface area contributed by atoms with E-state index in [1.54, 1.807) is 24.3 Å². The number of nitrogens with zero attached hydrogens (tertiary/aromatic N) is 2. The standard InChI is InChI=1S/C15H23N3O2S/c1-3-8-18-15(14(19)20-4-2)7-5-12(10-15)21-13-6-9-16-11-17-13/h6,9,11-12,18H,3-5,7-8,10H2,1-2H3. The second-order valence-corrected chi connectivity index (χ2v) is 6.58. The van der Waals surface area contributed by atoms with Crippen LogP contribution in [0.4, 0.5) is 0 Å². The van der Waals surface area contributed by atoms with Crippen LogP contribution in [-0.2, 0) is 9.53 Å². The molecular formula is C15H23N3O2S. The molecule has 1 aromatic rings. The van der Waals surface area contributed by atoms with Gasteiger partial charge in [0, 0.05) is 11.4 Å². The fourth-order valence-electron chi connectivity index (χ4n) is 2.67. The summed E-state index contributed by atoms with van der Waals surface area (Å²) < 4.78 is 5.29. The molecule has 1 N–H and O–H groups in total. The van der Waals surface area contributed by atoms with Crippen LogP contribution in [0.2, 0.25) is 0 Å². The van der Waals surface area contributed by atoms with E-state index >= 15 is 0 Å². The Bertz CT molecular complexity index is 457. The first kappa shape index (κ1) is 16.2. The summed E-state index contributed by atoms with van der Waals surface area (Å²) in [6.07, 6.45) is 6.92. The normalized spacial score (nSPS) is 25.0. The minimum absolute atomic E-state index is 0.107. The van der Waals surface area contributed by atoms with Crippen LogP contribution in [0.5, 0.6) is 0 Å². The minimum atomic E-state index is -0.517. The Morgan fingerprint density at radius 1 is 1.57 bits per heavy atom. The fraction of sp³-hybridized carbons (Fsp3) is 0.667. The van der Waals surface area contributed by atoms with Crippen molar-refractivity contribution in [1.82, 2.24) is 15.3 Å². The summed E-state index contributed by atoms with van der Waals surface area (Å²) in [5.74, 6) is -0.107. The van der Waals surface area contributed by atoms with Crippen LogP contribution in [0.25, 0.3) is 0 Å². The average molecular weight is 309 g/mol. The molecule has 0 bridgehead atoms. The quantitative estimate of drug-likeness (QED) is 0.616. The van der Waals surface area contributed by atoms with Crippen molar-refractivity contribution >= 4 is 17.7 Å². The summed E-state index contributed by atoms with van der Waals surface area (Å²) in [6.45, 7) is 5.23. The summed E-state index contributed by atoms with van der Waals surface area (Å²) >= 11 is 1.72. The Morgan fingerprint density at radius 3 is 3.10 bits per heavy atom. The van der Waals surface area contributed by atoms with E-state index in [0.29, 0.717) is 11.9 Å². The van der Waals surface area contributed by atoms with Crippen LogP contribution in [0.15, 0.2) is 23.6 Å². The Hall–Kier alpha value is -1.14. The number of nitrogens with one attached hydrogen (secondary N) is 1. The lowest BCUT2D eigenvalue weighted by atomic mass is 9.97. The molecule has 2 unspecified atom stereocenters. The minimum Gasteiger partial charge on any atom is -0.465 e. The number of thioether (sulfide) groups is 1. The van der Waals surface area contributed by atoms with E-state index in [4.69, 9.17) is 4.74 Å². The molecule has 21 heavy (non-hydrogen) atoms. The number of ether oxygens (including phenoxy) is 1. The molecular weight excluding hydrogens is 286 g/mol. The van der Waals surface area contributed by atoms with E-state index in [0.717, 1.165) is 37.3 Å². The van der Waals surface area contributed by atoms with Gasteiger partial charge in [-0.05, 0) is 45.2 Å². The molecule has 116 valence electrons. The maximum absolute atomic E-state index is 12.4. The van der Waals surface area contributed by atoms with Crippen molar-refractivity contribution in [3.8, 4) is 0 Å². The molecule has 0 saturated heterocycles. The molecule has 1 aliphatic carbocycles. The molecule has 1 fully saturated rings. The smallest absolute Gasteiger partial charge is 0.326 e. The Labute approximate surface area is 130 Å². The molecule has 1 heterocycles. The van der Waals surface area contributed by atoms with Crippen molar-refractivity contribution in [3.63, 3.8) is 0 Å². The maximum atomic E-state index is 12.4. The first-order valence-corrected chi connectivity index (χ1v) is 8.43. The molecule has 0 aromatic carbocycles. The van der Waals surface area contributed by atoms with E-state index in [9.17, 15) is 4.79 Å². The highest BCUT2D eigenvalue weighted by Gasteiger charge is 2.46. The number of rotatable bonds is 7. The van der Waals surface area contributed by atoms with Gasteiger partial charge in [0.25, 0.3) is 0 Å². The van der Waals surface area contributed by atoms with Gasteiger partial charge >= 0.3 is 5.97 Å². The zero-order valence-corrected chi connectivity index (χ0v) is 13.5. The third kappa shape index (κ3) is 4.17. The van der Waals surface area contributed by atoms with Crippen molar-refractivity contribution in [3.05, 3.63) is 18.6 Å². The van der Waals surface area contributed by atoms with Crippen molar-refractivity contribution < 1.29 is 9.53 Å². The Morgan fingerprint density at radius 2 is 2.43 bits per heavy atom. The van der Waals surface area contributed by atoms with Gasteiger partial charge in [-0.1, -0.05) is 6.92 Å². The van der Waals surface area contributed by atoms with E-state index in [1.807, 2.05) is 13.0 Å². The highest BCUT2D eigenvalue weighted by atomic mass is 32.2. The monoisotopic (exact) mass is 309 g/mol. The van der Waals surface area contributed by atoms with Crippen LogP contribution in [0.3, 0.4) is 0 Å². The lowest BCUT2D eigenvalue weighted by molar-refractivity contribution is -0.151. The van der Waals surface area contributed by atoms with Crippen LogP contribution in [0, 0.1) is 0 Å². The van der Waals surface area contributed by atoms with Gasteiger partial charge in [0.2, 0.25) is 0 Å². The summed E-state index contributed by atoms with van der Waals surface area (Å²) in [6, 6.07) is 1.91. The maximum Gasteiger partial charge on any atom is 0.326 e. The van der Waals surface area contributed by atoms with E-state index in [1.165, 1.54) is 0 Å². The summed E-state index contributed by atoms with van der Waals surface area (Å²) in [7, 11) is 0. The summed E-state index contributed by atoms with van der Waals surface area (Å²) in [5.41, 5.74) is -0.517. The van der Waals surface area contributed by atoms with Crippen LogP contribution < -0.4 is 5.32 Å². The third-order valence-corrected chi connectivity index (χ3v) is 4.91. The number of aromatic nitrogens is 2. The number of hydrogen-bond donors (Lipinski definition) is 1. The molecule has 0 aliphatic heterocycles. The molecule has 2 atom stereocenters. The predicted molar refractivity (Wildman–Crippen MR) is 83.2 cm³/mol. The zero-order chi connectivity index (χ0) is 15.1. The summed E-state index contributed by atoms with van der Waals surface area (Å²) in [4.78, 5) is 20.5. The van der Waals surface area contributed by atoms with Crippen molar-refractivity contribution in [2.75, 3.05) is 13.2 Å². The van der Waals surface area contributed by atoms with E-state index in [2.05, 4.69) is 22.2 Å². The highest BCUT2D eigenvalue weighted by Crippen LogP contribution is 2.40. The number of esters is 1. The lowest BCUT2D eigenvalue weighted by Crippen LogP contribution is -2.51. The molecule has 1 aliphatic rings. The molecule has 1 saturated carbocycles. The van der Waals surface area contributed by atoms with Crippen LogP contribution in [-0.4, -0.2) is 39.9 Å². The van der Waals surface area contributed by atoms with Crippen LogP contribution in [0.1, 0.15) is 39.5 Å².